The van der Waals surface area contributed by atoms with Crippen LogP contribution < -0.4 is 0 Å². The molecule has 6 aromatic rings. The summed E-state index contributed by atoms with van der Waals surface area (Å²) in [5.74, 6) is 0.321. The number of hydrogen-bond acceptors (Lipinski definition) is 6. The molecule has 6 rings (SSSR count). The average Bonchev–Trinajstić information content (AvgIpc) is 3.43. The molecule has 0 fully saturated rings. The number of H-pyrrole nitrogens is 2. The number of pyridine rings is 3. The zero-order chi connectivity index (χ0) is 21.7. The number of halogens is 1. The van der Waals surface area contributed by atoms with Gasteiger partial charge in [0.25, 0.3) is 0 Å². The lowest BCUT2D eigenvalue weighted by atomic mass is 10.1. The largest absolute Gasteiger partial charge is 0.506 e. The van der Waals surface area contributed by atoms with Crippen molar-refractivity contribution in [1.82, 2.24) is 35.1 Å². The lowest BCUT2D eigenvalue weighted by Crippen LogP contribution is -1.87. The molecule has 0 saturated carbocycles. The predicted octanol–water partition coefficient (Wildman–Crippen LogP) is 4.47. The molecule has 3 N–H and O–H groups in total. The fraction of sp³-hybridized carbons (Fsp3) is 0. The third-order valence-electron chi connectivity index (χ3n) is 5.21. The maximum Gasteiger partial charge on any atom is 0.159 e. The number of nitrogens with zero attached hydrogens (tertiary/aromatic N) is 5. The fourth-order valence-electron chi connectivity index (χ4n) is 3.69. The van der Waals surface area contributed by atoms with Gasteiger partial charge in [0.2, 0.25) is 0 Å². The topological polar surface area (TPSA) is 116 Å². The van der Waals surface area contributed by atoms with Crippen LogP contribution in [0.5, 0.6) is 5.75 Å². The molecular formula is C23H14FN7O. The van der Waals surface area contributed by atoms with Gasteiger partial charge in [-0.05, 0) is 42.5 Å². The van der Waals surface area contributed by atoms with E-state index in [4.69, 9.17) is 4.98 Å². The summed E-state index contributed by atoms with van der Waals surface area (Å²) in [6.45, 7) is 0. The third kappa shape index (κ3) is 2.95. The molecule has 8 nitrogen and oxygen atoms in total. The molecule has 0 amide bonds. The molecule has 5 aromatic heterocycles. The first-order chi connectivity index (χ1) is 15.7. The van der Waals surface area contributed by atoms with Crippen LogP contribution in [0.2, 0.25) is 0 Å². The molecule has 0 atom stereocenters. The van der Waals surface area contributed by atoms with Crippen molar-refractivity contribution in [2.45, 2.75) is 0 Å². The number of benzene rings is 1. The molecule has 0 radical (unpaired) electrons. The summed E-state index contributed by atoms with van der Waals surface area (Å²) < 4.78 is 13.4. The number of aromatic amines is 2. The number of nitrogens with one attached hydrogen (secondary N) is 2. The second-order valence-electron chi connectivity index (χ2n) is 7.27. The average molecular weight is 423 g/mol. The molecule has 154 valence electrons. The quantitative estimate of drug-likeness (QED) is 0.387. The highest BCUT2D eigenvalue weighted by molar-refractivity contribution is 5.96. The Morgan fingerprint density at radius 2 is 1.72 bits per heavy atom. The molecule has 0 aliphatic carbocycles. The Morgan fingerprint density at radius 3 is 2.56 bits per heavy atom. The van der Waals surface area contributed by atoms with E-state index in [1.807, 2.05) is 12.1 Å². The van der Waals surface area contributed by atoms with E-state index in [0.29, 0.717) is 34.0 Å². The van der Waals surface area contributed by atoms with Gasteiger partial charge in [-0.2, -0.15) is 5.10 Å². The van der Waals surface area contributed by atoms with Gasteiger partial charge in [-0.1, -0.05) is 0 Å². The summed E-state index contributed by atoms with van der Waals surface area (Å²) >= 11 is 0. The smallest absolute Gasteiger partial charge is 0.159 e. The predicted molar refractivity (Wildman–Crippen MR) is 117 cm³/mol. The number of imidazole rings is 1. The zero-order valence-electron chi connectivity index (χ0n) is 16.4. The highest BCUT2D eigenvalue weighted by Gasteiger charge is 2.17. The molecule has 9 heteroatoms. The molecule has 32 heavy (non-hydrogen) atoms. The van der Waals surface area contributed by atoms with Crippen molar-refractivity contribution >= 4 is 21.9 Å². The summed E-state index contributed by atoms with van der Waals surface area (Å²) in [4.78, 5) is 21.0. The zero-order valence-corrected chi connectivity index (χ0v) is 16.4. The number of fused-ring (bicyclic) bond motifs is 2. The molecule has 0 saturated heterocycles. The van der Waals surface area contributed by atoms with Crippen molar-refractivity contribution in [2.75, 3.05) is 0 Å². The van der Waals surface area contributed by atoms with Gasteiger partial charge in [0.05, 0.1) is 34.8 Å². The van der Waals surface area contributed by atoms with Crippen molar-refractivity contribution in [2.24, 2.45) is 0 Å². The molecule has 0 aliphatic heterocycles. The van der Waals surface area contributed by atoms with Gasteiger partial charge in [-0.25, -0.2) is 9.37 Å². The van der Waals surface area contributed by atoms with Gasteiger partial charge >= 0.3 is 0 Å². The minimum Gasteiger partial charge on any atom is -0.506 e. The Kier molecular flexibility index (Phi) is 3.94. The Balaban J connectivity index is 1.50. The number of rotatable bonds is 3. The van der Waals surface area contributed by atoms with E-state index in [1.54, 1.807) is 36.8 Å². The molecule has 0 bridgehead atoms. The first-order valence-electron chi connectivity index (χ1n) is 9.75. The van der Waals surface area contributed by atoms with Crippen LogP contribution in [0.15, 0.2) is 67.3 Å². The molecular weight excluding hydrogens is 409 g/mol. The standard InChI is InChI=1S/C23H14FN7O/c24-14-3-1-12(2-4-14)20-22-17(5-6-26-20)28-23(29-22)21-16-8-18(27-11-19(16)30-31-21)13-7-15(32)10-25-9-13/h1-11,32H,(H,28,29)(H,30,31). The van der Waals surface area contributed by atoms with Crippen LogP contribution in [0.4, 0.5) is 4.39 Å². The van der Waals surface area contributed by atoms with Crippen molar-refractivity contribution in [3.05, 3.63) is 73.1 Å². The van der Waals surface area contributed by atoms with Crippen LogP contribution in [0.25, 0.3) is 56.0 Å². The Hall–Kier alpha value is -4.66. The van der Waals surface area contributed by atoms with Crippen molar-refractivity contribution in [3.63, 3.8) is 0 Å². The highest BCUT2D eigenvalue weighted by atomic mass is 19.1. The fourth-order valence-corrected chi connectivity index (χ4v) is 3.69. The van der Waals surface area contributed by atoms with E-state index in [-0.39, 0.29) is 11.6 Å². The van der Waals surface area contributed by atoms with E-state index < -0.39 is 0 Å². The van der Waals surface area contributed by atoms with Gasteiger partial charge in [0.15, 0.2) is 5.82 Å². The number of aromatic nitrogens is 7. The Morgan fingerprint density at radius 1 is 0.844 bits per heavy atom. The minimum absolute atomic E-state index is 0.0647. The molecule has 5 heterocycles. The number of hydrogen-bond donors (Lipinski definition) is 3. The molecule has 0 unspecified atom stereocenters. The lowest BCUT2D eigenvalue weighted by molar-refractivity contribution is 0.473. The Labute approximate surface area is 179 Å². The van der Waals surface area contributed by atoms with Crippen molar-refractivity contribution < 1.29 is 9.50 Å². The van der Waals surface area contributed by atoms with E-state index in [9.17, 15) is 9.50 Å². The summed E-state index contributed by atoms with van der Waals surface area (Å²) in [5.41, 5.74) is 5.57. The highest BCUT2D eigenvalue weighted by Crippen LogP contribution is 2.31. The SMILES string of the molecule is Oc1cncc(-c2cc3c(-c4nc5c(-c6ccc(F)cc6)nccc5[nH]4)n[nH]c3cn2)c1. The van der Waals surface area contributed by atoms with Crippen molar-refractivity contribution in [3.8, 4) is 39.8 Å². The maximum atomic E-state index is 13.4. The van der Waals surface area contributed by atoms with E-state index in [0.717, 1.165) is 22.0 Å². The second-order valence-corrected chi connectivity index (χ2v) is 7.27. The van der Waals surface area contributed by atoms with Crippen LogP contribution in [-0.4, -0.2) is 40.2 Å². The molecule has 1 aromatic carbocycles. The van der Waals surface area contributed by atoms with Gasteiger partial charge in [-0.3, -0.25) is 20.1 Å². The van der Waals surface area contributed by atoms with Crippen LogP contribution in [0.3, 0.4) is 0 Å². The monoisotopic (exact) mass is 423 g/mol. The normalized spacial score (nSPS) is 11.4. The van der Waals surface area contributed by atoms with Gasteiger partial charge < -0.3 is 10.1 Å². The Bertz CT molecular complexity index is 1600. The summed E-state index contributed by atoms with van der Waals surface area (Å²) in [6.07, 6.45) is 6.36. The lowest BCUT2D eigenvalue weighted by Gasteiger charge is -2.01. The number of aromatic hydroxyl groups is 1. The van der Waals surface area contributed by atoms with Gasteiger partial charge in [0, 0.05) is 28.9 Å². The van der Waals surface area contributed by atoms with Crippen molar-refractivity contribution in [1.29, 1.82) is 0 Å². The van der Waals surface area contributed by atoms with Gasteiger partial charge in [0.1, 0.15) is 22.8 Å². The van der Waals surface area contributed by atoms with Crippen LogP contribution in [-0.2, 0) is 0 Å². The minimum atomic E-state index is -0.307. The summed E-state index contributed by atoms with van der Waals surface area (Å²) in [6, 6.07) is 11.5. The molecule has 0 aliphatic rings. The van der Waals surface area contributed by atoms with E-state index in [2.05, 4.69) is 30.1 Å². The van der Waals surface area contributed by atoms with Gasteiger partial charge in [-0.15, -0.1) is 0 Å². The molecule has 0 spiro atoms. The van der Waals surface area contributed by atoms with Crippen LogP contribution in [0, 0.1) is 5.82 Å². The van der Waals surface area contributed by atoms with E-state index >= 15 is 0 Å². The summed E-state index contributed by atoms with van der Waals surface area (Å²) in [5, 5.41) is 18.0. The van der Waals surface area contributed by atoms with Crippen LogP contribution in [0.1, 0.15) is 0 Å². The van der Waals surface area contributed by atoms with E-state index in [1.165, 1.54) is 18.3 Å². The second kappa shape index (κ2) is 6.95. The summed E-state index contributed by atoms with van der Waals surface area (Å²) in [7, 11) is 0. The third-order valence-corrected chi connectivity index (χ3v) is 5.21. The maximum absolute atomic E-state index is 13.4. The first-order valence-corrected chi connectivity index (χ1v) is 9.75. The van der Waals surface area contributed by atoms with Crippen LogP contribution >= 0.6 is 0 Å². The first kappa shape index (κ1) is 18.1.